The fourth-order valence-corrected chi connectivity index (χ4v) is 2.71. The molecule has 3 rings (SSSR count). The minimum absolute atomic E-state index is 0.448. The monoisotopic (exact) mass is 288 g/mol. The first kappa shape index (κ1) is 13.2. The molecule has 1 fully saturated rings. The van der Waals surface area contributed by atoms with Crippen molar-refractivity contribution < 1.29 is 0 Å². The van der Waals surface area contributed by atoms with Crippen LogP contribution in [0.2, 0.25) is 5.15 Å². The maximum Gasteiger partial charge on any atom is 0.153 e. The Balaban J connectivity index is 1.68. The summed E-state index contributed by atoms with van der Waals surface area (Å²) in [6.07, 6.45) is 1.77. The van der Waals surface area contributed by atoms with E-state index in [2.05, 4.69) is 51.2 Å². The van der Waals surface area contributed by atoms with Gasteiger partial charge in [0.25, 0.3) is 0 Å². The zero-order chi connectivity index (χ0) is 13.9. The molecule has 5 heteroatoms. The molecule has 1 aliphatic heterocycles. The van der Waals surface area contributed by atoms with E-state index in [0.717, 1.165) is 31.9 Å². The molecule has 0 unspecified atom stereocenters. The molecule has 20 heavy (non-hydrogen) atoms. The van der Waals surface area contributed by atoms with Crippen molar-refractivity contribution in [3.8, 4) is 0 Å². The second-order valence-electron chi connectivity index (χ2n) is 5.05. The lowest BCUT2D eigenvalue weighted by molar-refractivity contribution is 0.651. The summed E-state index contributed by atoms with van der Waals surface area (Å²) < 4.78 is 0. The van der Waals surface area contributed by atoms with Crippen LogP contribution < -0.4 is 9.80 Å². The highest BCUT2D eigenvalue weighted by molar-refractivity contribution is 6.29. The van der Waals surface area contributed by atoms with Crippen LogP contribution in [0.1, 0.15) is 5.56 Å². The van der Waals surface area contributed by atoms with Crippen molar-refractivity contribution in [1.29, 1.82) is 0 Å². The second-order valence-corrected chi connectivity index (χ2v) is 5.44. The zero-order valence-corrected chi connectivity index (χ0v) is 12.2. The van der Waals surface area contributed by atoms with E-state index < -0.39 is 0 Å². The highest BCUT2D eigenvalue weighted by Crippen LogP contribution is 2.21. The van der Waals surface area contributed by atoms with Crippen molar-refractivity contribution >= 4 is 23.0 Å². The first-order valence-electron chi connectivity index (χ1n) is 6.77. The van der Waals surface area contributed by atoms with E-state index in [1.807, 2.05) is 6.07 Å². The van der Waals surface area contributed by atoms with Crippen LogP contribution in [0.25, 0.3) is 0 Å². The Morgan fingerprint density at radius 1 is 1.00 bits per heavy atom. The SMILES string of the molecule is Cc1cccc(N2CCN(c3cnnc(Cl)c3)CC2)c1. The minimum Gasteiger partial charge on any atom is -0.368 e. The summed E-state index contributed by atoms with van der Waals surface area (Å²) in [4.78, 5) is 4.71. The molecule has 1 aliphatic rings. The highest BCUT2D eigenvalue weighted by Gasteiger charge is 2.18. The number of aryl methyl sites for hydroxylation is 1. The van der Waals surface area contributed by atoms with E-state index in [1.165, 1.54) is 11.3 Å². The average molecular weight is 289 g/mol. The Morgan fingerprint density at radius 2 is 1.70 bits per heavy atom. The van der Waals surface area contributed by atoms with Gasteiger partial charge in [-0.2, -0.15) is 5.10 Å². The van der Waals surface area contributed by atoms with Gasteiger partial charge in [-0.3, -0.25) is 0 Å². The molecule has 1 aromatic carbocycles. The third-order valence-electron chi connectivity index (χ3n) is 3.62. The van der Waals surface area contributed by atoms with Crippen LogP contribution in [-0.4, -0.2) is 36.4 Å². The Hall–Kier alpha value is -1.81. The van der Waals surface area contributed by atoms with Crippen LogP contribution in [0, 0.1) is 6.92 Å². The summed E-state index contributed by atoms with van der Waals surface area (Å²) in [5.74, 6) is 0. The third-order valence-corrected chi connectivity index (χ3v) is 3.81. The molecule has 104 valence electrons. The van der Waals surface area contributed by atoms with Crippen molar-refractivity contribution in [2.24, 2.45) is 0 Å². The van der Waals surface area contributed by atoms with Crippen LogP contribution in [0.5, 0.6) is 0 Å². The first-order valence-corrected chi connectivity index (χ1v) is 7.15. The quantitative estimate of drug-likeness (QED) is 0.851. The lowest BCUT2D eigenvalue weighted by Gasteiger charge is -2.37. The molecule has 0 atom stereocenters. The Bertz CT molecular complexity index is 540. The topological polar surface area (TPSA) is 32.3 Å². The molecule has 0 aliphatic carbocycles. The smallest absolute Gasteiger partial charge is 0.153 e. The van der Waals surface area contributed by atoms with E-state index in [4.69, 9.17) is 11.6 Å². The van der Waals surface area contributed by atoms with E-state index in [9.17, 15) is 0 Å². The fraction of sp³-hybridized carbons (Fsp3) is 0.333. The van der Waals surface area contributed by atoms with E-state index in [-0.39, 0.29) is 0 Å². The summed E-state index contributed by atoms with van der Waals surface area (Å²) in [6.45, 7) is 6.07. The van der Waals surface area contributed by atoms with Gasteiger partial charge in [-0.25, -0.2) is 0 Å². The van der Waals surface area contributed by atoms with Crippen LogP contribution in [0.3, 0.4) is 0 Å². The number of anilines is 2. The summed E-state index contributed by atoms with van der Waals surface area (Å²) in [5.41, 5.74) is 3.65. The fourth-order valence-electron chi connectivity index (χ4n) is 2.55. The number of nitrogens with zero attached hydrogens (tertiary/aromatic N) is 4. The Kier molecular flexibility index (Phi) is 3.74. The van der Waals surface area contributed by atoms with Gasteiger partial charge in [0.05, 0.1) is 11.9 Å². The molecule has 0 spiro atoms. The second kappa shape index (κ2) is 5.67. The van der Waals surface area contributed by atoms with Gasteiger partial charge in [-0.15, -0.1) is 5.10 Å². The van der Waals surface area contributed by atoms with Crippen molar-refractivity contribution in [3.05, 3.63) is 47.2 Å². The van der Waals surface area contributed by atoms with Crippen molar-refractivity contribution in [3.63, 3.8) is 0 Å². The van der Waals surface area contributed by atoms with Crippen LogP contribution in [-0.2, 0) is 0 Å². The molecule has 0 amide bonds. The van der Waals surface area contributed by atoms with Gasteiger partial charge in [0.15, 0.2) is 5.15 Å². The van der Waals surface area contributed by atoms with Crippen molar-refractivity contribution in [1.82, 2.24) is 10.2 Å². The predicted molar refractivity (Wildman–Crippen MR) is 82.6 cm³/mol. The number of rotatable bonds is 2. The normalized spacial score (nSPS) is 15.5. The third kappa shape index (κ3) is 2.85. The summed E-state index contributed by atoms with van der Waals surface area (Å²) in [5, 5.41) is 8.14. The summed E-state index contributed by atoms with van der Waals surface area (Å²) in [7, 11) is 0. The molecular weight excluding hydrogens is 272 g/mol. The van der Waals surface area contributed by atoms with E-state index in [0.29, 0.717) is 5.15 Å². The lowest BCUT2D eigenvalue weighted by Crippen LogP contribution is -2.46. The Morgan fingerprint density at radius 3 is 2.35 bits per heavy atom. The molecule has 0 saturated carbocycles. The molecule has 1 aromatic heterocycles. The molecule has 4 nitrogen and oxygen atoms in total. The summed E-state index contributed by atoms with van der Waals surface area (Å²) >= 11 is 5.90. The van der Waals surface area contributed by atoms with E-state index >= 15 is 0 Å². The van der Waals surface area contributed by atoms with Crippen LogP contribution >= 0.6 is 11.6 Å². The Labute approximate surface area is 124 Å². The van der Waals surface area contributed by atoms with Crippen LogP contribution in [0.15, 0.2) is 36.5 Å². The first-order chi connectivity index (χ1) is 9.72. The molecule has 0 N–H and O–H groups in total. The molecule has 2 aromatic rings. The lowest BCUT2D eigenvalue weighted by atomic mass is 10.2. The maximum absolute atomic E-state index is 5.90. The molecule has 2 heterocycles. The van der Waals surface area contributed by atoms with Crippen molar-refractivity contribution in [2.45, 2.75) is 6.92 Å². The van der Waals surface area contributed by atoms with E-state index in [1.54, 1.807) is 6.20 Å². The minimum atomic E-state index is 0.448. The molecule has 0 bridgehead atoms. The highest BCUT2D eigenvalue weighted by atomic mass is 35.5. The number of benzene rings is 1. The summed E-state index contributed by atoms with van der Waals surface area (Å²) in [6, 6.07) is 10.5. The number of halogens is 1. The number of piperazine rings is 1. The number of hydrogen-bond donors (Lipinski definition) is 0. The van der Waals surface area contributed by atoms with Gasteiger partial charge in [0, 0.05) is 37.9 Å². The van der Waals surface area contributed by atoms with Gasteiger partial charge in [0.1, 0.15) is 0 Å². The van der Waals surface area contributed by atoms with Gasteiger partial charge >= 0.3 is 0 Å². The molecule has 0 radical (unpaired) electrons. The molecular formula is C15H17ClN4. The zero-order valence-electron chi connectivity index (χ0n) is 11.5. The van der Waals surface area contributed by atoms with Gasteiger partial charge in [-0.05, 0) is 24.6 Å². The number of aromatic nitrogens is 2. The van der Waals surface area contributed by atoms with Gasteiger partial charge in [-0.1, -0.05) is 23.7 Å². The van der Waals surface area contributed by atoms with Crippen LogP contribution in [0.4, 0.5) is 11.4 Å². The molecule has 1 saturated heterocycles. The average Bonchev–Trinajstić information content (AvgIpc) is 2.47. The largest absolute Gasteiger partial charge is 0.368 e. The van der Waals surface area contributed by atoms with Gasteiger partial charge < -0.3 is 9.80 Å². The maximum atomic E-state index is 5.90. The van der Waals surface area contributed by atoms with Crippen molar-refractivity contribution in [2.75, 3.05) is 36.0 Å². The van der Waals surface area contributed by atoms with Gasteiger partial charge in [0.2, 0.25) is 0 Å². The predicted octanol–water partition coefficient (Wildman–Crippen LogP) is 2.77. The standard InChI is InChI=1S/C15H17ClN4/c1-12-3-2-4-13(9-12)19-5-7-20(8-6-19)14-10-15(16)18-17-11-14/h2-4,9-11H,5-8H2,1H3. The number of hydrogen-bond acceptors (Lipinski definition) is 4.